The summed E-state index contributed by atoms with van der Waals surface area (Å²) in [5, 5.41) is 0. The van der Waals surface area contributed by atoms with E-state index < -0.39 is 9.84 Å². The second-order valence-electron chi connectivity index (χ2n) is 5.58. The average Bonchev–Trinajstić information content (AvgIpc) is 2.13. The molecule has 4 nitrogen and oxygen atoms in total. The molecule has 0 aromatic carbocycles. The van der Waals surface area contributed by atoms with Gasteiger partial charge in [0.25, 0.3) is 0 Å². The zero-order valence-electron chi connectivity index (χ0n) is 11.4. The number of hydrogen-bond acceptors (Lipinski definition) is 4. The summed E-state index contributed by atoms with van der Waals surface area (Å²) < 4.78 is 23.3. The minimum absolute atomic E-state index is 0.0342. The first-order valence-corrected chi connectivity index (χ1v) is 7.60. The summed E-state index contributed by atoms with van der Waals surface area (Å²) in [5.74, 6) is -0.0342. The molecule has 0 saturated heterocycles. The van der Waals surface area contributed by atoms with Crippen molar-refractivity contribution in [1.82, 2.24) is 4.98 Å². The molecule has 1 heterocycles. The summed E-state index contributed by atoms with van der Waals surface area (Å²) in [7, 11) is -3.30. The van der Waals surface area contributed by atoms with Crippen LogP contribution in [0.5, 0.6) is 0 Å². The van der Waals surface area contributed by atoms with Crippen LogP contribution >= 0.6 is 0 Å². The zero-order chi connectivity index (χ0) is 14.1. The number of carbonyl (C=O) groups excluding carboxylic acids is 1. The lowest BCUT2D eigenvalue weighted by Gasteiger charge is -2.19. The smallest absolute Gasteiger partial charge is 0.175 e. The van der Waals surface area contributed by atoms with E-state index in [4.69, 9.17) is 0 Å². The van der Waals surface area contributed by atoms with Crippen molar-refractivity contribution in [2.24, 2.45) is 0 Å². The van der Waals surface area contributed by atoms with Gasteiger partial charge in [-0.25, -0.2) is 8.42 Å². The van der Waals surface area contributed by atoms with Crippen LogP contribution < -0.4 is 0 Å². The van der Waals surface area contributed by atoms with Gasteiger partial charge in [0.05, 0.1) is 4.90 Å². The van der Waals surface area contributed by atoms with Gasteiger partial charge in [-0.3, -0.25) is 9.78 Å². The normalized spacial score (nSPS) is 12.5. The highest BCUT2D eigenvalue weighted by Gasteiger charge is 2.20. The highest BCUT2D eigenvalue weighted by molar-refractivity contribution is 7.90. The Morgan fingerprint density at radius 2 is 1.83 bits per heavy atom. The van der Waals surface area contributed by atoms with Crippen molar-refractivity contribution in [3.05, 3.63) is 23.5 Å². The molecule has 0 fully saturated rings. The van der Waals surface area contributed by atoms with Gasteiger partial charge in [-0.2, -0.15) is 0 Å². The van der Waals surface area contributed by atoms with E-state index in [1.54, 1.807) is 6.07 Å². The summed E-state index contributed by atoms with van der Waals surface area (Å²) >= 11 is 0. The fraction of sp³-hybridized carbons (Fsp3) is 0.538. The lowest BCUT2D eigenvalue weighted by molar-refractivity contribution is -0.116. The third-order valence-electron chi connectivity index (χ3n) is 2.48. The zero-order valence-corrected chi connectivity index (χ0v) is 12.3. The van der Waals surface area contributed by atoms with Crippen LogP contribution in [0, 0.1) is 0 Å². The molecule has 0 spiro atoms. The summed E-state index contributed by atoms with van der Waals surface area (Å²) in [6, 6.07) is 3.06. The van der Waals surface area contributed by atoms with E-state index in [9.17, 15) is 13.2 Å². The third-order valence-corrected chi connectivity index (χ3v) is 3.57. The van der Waals surface area contributed by atoms with Gasteiger partial charge >= 0.3 is 0 Å². The lowest BCUT2D eigenvalue weighted by atomic mass is 9.91. The first-order chi connectivity index (χ1) is 8.00. The Kier molecular flexibility index (Phi) is 3.96. The first kappa shape index (κ1) is 14.8. The highest BCUT2D eigenvalue weighted by atomic mass is 32.2. The Balaban J connectivity index is 3.43. The van der Waals surface area contributed by atoms with Crippen molar-refractivity contribution in [3.63, 3.8) is 0 Å². The number of carbonyl (C=O) groups is 1. The van der Waals surface area contributed by atoms with Crippen molar-refractivity contribution < 1.29 is 13.2 Å². The highest BCUT2D eigenvalue weighted by Crippen LogP contribution is 2.23. The van der Waals surface area contributed by atoms with Gasteiger partial charge in [0, 0.05) is 29.5 Å². The molecule has 1 aromatic heterocycles. The fourth-order valence-corrected chi connectivity index (χ4v) is 2.18. The molecule has 1 aromatic rings. The molecule has 0 saturated carbocycles. The van der Waals surface area contributed by atoms with Gasteiger partial charge in [-0.15, -0.1) is 0 Å². The molecule has 0 unspecified atom stereocenters. The molecule has 0 aliphatic rings. The van der Waals surface area contributed by atoms with Crippen LogP contribution in [0.2, 0.25) is 0 Å². The molecule has 0 amide bonds. The molecule has 0 aliphatic carbocycles. The van der Waals surface area contributed by atoms with Crippen molar-refractivity contribution in [2.75, 3.05) is 6.26 Å². The average molecular weight is 269 g/mol. The van der Waals surface area contributed by atoms with Crippen LogP contribution in [-0.2, 0) is 26.5 Å². The minimum Gasteiger partial charge on any atom is -0.300 e. The van der Waals surface area contributed by atoms with Gasteiger partial charge in [-0.1, -0.05) is 20.8 Å². The molecule has 1 rings (SSSR count). The number of hydrogen-bond donors (Lipinski definition) is 0. The maximum atomic E-state index is 11.6. The summed E-state index contributed by atoms with van der Waals surface area (Å²) in [6.07, 6.45) is 1.32. The molecule has 0 N–H and O–H groups in total. The number of Topliss-reactive ketones (excluding diaryl/α,β-unsaturated/α-hetero) is 1. The Bertz CT molecular complexity index is 568. The van der Waals surface area contributed by atoms with Crippen LogP contribution in [0.4, 0.5) is 0 Å². The van der Waals surface area contributed by atoms with Crippen LogP contribution in [-0.4, -0.2) is 25.4 Å². The van der Waals surface area contributed by atoms with Gasteiger partial charge in [0.1, 0.15) is 5.78 Å². The molecule has 0 aliphatic heterocycles. The number of rotatable bonds is 3. The van der Waals surface area contributed by atoms with E-state index in [0.29, 0.717) is 11.4 Å². The van der Waals surface area contributed by atoms with Crippen LogP contribution in [0.25, 0.3) is 0 Å². The van der Waals surface area contributed by atoms with E-state index in [1.807, 2.05) is 20.8 Å². The lowest BCUT2D eigenvalue weighted by Crippen LogP contribution is -2.17. The molecular weight excluding hydrogens is 250 g/mol. The van der Waals surface area contributed by atoms with Gasteiger partial charge in [0.2, 0.25) is 0 Å². The van der Waals surface area contributed by atoms with Crippen molar-refractivity contribution in [3.8, 4) is 0 Å². The van der Waals surface area contributed by atoms with E-state index in [1.165, 1.54) is 13.0 Å². The Hall–Kier alpha value is -1.23. The predicted octanol–water partition coefficient (Wildman–Crippen LogP) is 1.91. The summed E-state index contributed by atoms with van der Waals surface area (Å²) in [4.78, 5) is 15.7. The van der Waals surface area contributed by atoms with E-state index in [2.05, 4.69) is 4.98 Å². The topological polar surface area (TPSA) is 64.1 Å². The Morgan fingerprint density at radius 3 is 2.22 bits per heavy atom. The third kappa shape index (κ3) is 3.91. The van der Waals surface area contributed by atoms with Crippen LogP contribution in [0.3, 0.4) is 0 Å². The second-order valence-corrected chi connectivity index (χ2v) is 7.60. The van der Waals surface area contributed by atoms with Crippen LogP contribution in [0.15, 0.2) is 17.0 Å². The largest absolute Gasteiger partial charge is 0.300 e. The predicted molar refractivity (Wildman–Crippen MR) is 70.4 cm³/mol. The van der Waals surface area contributed by atoms with Gasteiger partial charge in [-0.05, 0) is 19.1 Å². The second kappa shape index (κ2) is 4.80. The van der Waals surface area contributed by atoms with E-state index in [0.717, 1.165) is 6.26 Å². The number of ketones is 1. The summed E-state index contributed by atoms with van der Waals surface area (Å²) in [6.45, 7) is 7.34. The van der Waals surface area contributed by atoms with Crippen molar-refractivity contribution >= 4 is 15.6 Å². The van der Waals surface area contributed by atoms with Gasteiger partial charge < -0.3 is 0 Å². The molecule has 5 heteroatoms. The Morgan fingerprint density at radius 1 is 1.28 bits per heavy atom. The van der Waals surface area contributed by atoms with Crippen molar-refractivity contribution in [2.45, 2.75) is 44.4 Å². The first-order valence-electron chi connectivity index (χ1n) is 5.71. The van der Waals surface area contributed by atoms with Crippen LogP contribution in [0.1, 0.15) is 39.1 Å². The minimum atomic E-state index is -3.30. The molecular formula is C13H19NO3S. The number of pyridine rings is 1. The SMILES string of the molecule is CC(=O)Cc1cc(S(C)(=O)=O)cc(C(C)(C)C)n1. The molecule has 0 bridgehead atoms. The monoisotopic (exact) mass is 269 g/mol. The van der Waals surface area contributed by atoms with E-state index >= 15 is 0 Å². The maximum Gasteiger partial charge on any atom is 0.175 e. The number of nitrogens with zero attached hydrogens (tertiary/aromatic N) is 1. The quantitative estimate of drug-likeness (QED) is 0.841. The molecule has 18 heavy (non-hydrogen) atoms. The molecule has 100 valence electrons. The van der Waals surface area contributed by atoms with Crippen molar-refractivity contribution in [1.29, 1.82) is 0 Å². The Labute approximate surface area is 108 Å². The fourth-order valence-electron chi connectivity index (χ4n) is 1.50. The number of aromatic nitrogens is 1. The summed E-state index contributed by atoms with van der Waals surface area (Å²) in [5.41, 5.74) is 0.934. The standard InChI is InChI=1S/C13H19NO3S/c1-9(15)6-10-7-11(18(5,16)17)8-12(14-10)13(2,3)4/h7-8H,6H2,1-5H3. The maximum absolute atomic E-state index is 11.6. The molecule has 0 atom stereocenters. The number of sulfone groups is 1. The van der Waals surface area contributed by atoms with Gasteiger partial charge in [0.15, 0.2) is 9.84 Å². The van der Waals surface area contributed by atoms with E-state index in [-0.39, 0.29) is 22.5 Å². The molecule has 0 radical (unpaired) electrons.